The van der Waals surface area contributed by atoms with Crippen LogP contribution >= 0.6 is 11.3 Å². The molecule has 0 aliphatic carbocycles. The van der Waals surface area contributed by atoms with E-state index in [9.17, 15) is 0 Å². The molecule has 0 unspecified atom stereocenters. The Kier molecular flexibility index (Phi) is 11.7. The molecule has 0 N–H and O–H groups in total. The van der Waals surface area contributed by atoms with Gasteiger partial charge in [0.05, 0.1) is 0 Å². The van der Waals surface area contributed by atoms with Gasteiger partial charge in [0.25, 0.3) is 0 Å². The van der Waals surface area contributed by atoms with Crippen molar-refractivity contribution in [1.82, 2.24) is 0 Å². The third kappa shape index (κ3) is 8.35. The number of benzene rings is 8. The molecule has 0 aliphatic rings. The van der Waals surface area contributed by atoms with Gasteiger partial charge in [0.2, 0.25) is 0 Å². The van der Waals surface area contributed by atoms with Gasteiger partial charge >= 0.3 is 0 Å². The second-order valence-corrected chi connectivity index (χ2v) is 17.3. The van der Waals surface area contributed by atoms with Gasteiger partial charge in [0.15, 0.2) is 0 Å². The van der Waals surface area contributed by atoms with Crippen molar-refractivity contribution in [1.29, 1.82) is 0 Å². The van der Waals surface area contributed by atoms with Crippen LogP contribution in [0.3, 0.4) is 0 Å². The lowest BCUT2D eigenvalue weighted by Gasteiger charge is -2.27. The third-order valence-corrected chi connectivity index (χ3v) is 13.3. The van der Waals surface area contributed by atoms with Crippen molar-refractivity contribution in [2.24, 2.45) is 0 Å². The first-order valence-corrected chi connectivity index (χ1v) is 22.5. The second-order valence-electron chi connectivity index (χ2n) is 16.2. The summed E-state index contributed by atoms with van der Waals surface area (Å²) in [4.78, 5) is 2.39. The van der Waals surface area contributed by atoms with E-state index in [1.54, 1.807) is 0 Å². The molecule has 0 amide bonds. The van der Waals surface area contributed by atoms with Crippen molar-refractivity contribution >= 4 is 60.2 Å². The Balaban J connectivity index is 0.968. The van der Waals surface area contributed by atoms with Crippen molar-refractivity contribution < 1.29 is 0 Å². The Morgan fingerprint density at radius 3 is 1.94 bits per heavy atom. The van der Waals surface area contributed by atoms with Crippen molar-refractivity contribution in [3.63, 3.8) is 0 Å². The molecule has 0 fully saturated rings. The molecule has 0 saturated heterocycles. The van der Waals surface area contributed by atoms with Gasteiger partial charge < -0.3 is 4.90 Å². The first kappa shape index (κ1) is 40.4. The Morgan fingerprint density at radius 2 is 1.16 bits per heavy atom. The summed E-state index contributed by atoms with van der Waals surface area (Å²) in [6.07, 6.45) is 9.98. The number of hydrogen-bond acceptors (Lipinski definition) is 2. The summed E-state index contributed by atoms with van der Waals surface area (Å²) in [6.45, 7) is 11.1. The monoisotopic (exact) mass is 817 g/mol. The molecule has 0 atom stereocenters. The van der Waals surface area contributed by atoms with E-state index in [0.717, 1.165) is 23.5 Å². The van der Waals surface area contributed by atoms with Crippen LogP contribution in [-0.4, -0.2) is 0 Å². The number of aryl methyl sites for hydroxylation is 2. The lowest BCUT2D eigenvalue weighted by Crippen LogP contribution is -2.10. The van der Waals surface area contributed by atoms with Crippen LogP contribution in [0, 0.1) is 20.8 Å². The minimum Gasteiger partial charge on any atom is -0.310 e. The molecule has 8 aromatic carbocycles. The molecular weight excluding hydrogens is 767 g/mol. The molecule has 0 aliphatic heterocycles. The summed E-state index contributed by atoms with van der Waals surface area (Å²) in [5.41, 5.74) is 19.8. The summed E-state index contributed by atoms with van der Waals surface area (Å²) in [5, 5.41) is 2.62. The highest BCUT2D eigenvalue weighted by molar-refractivity contribution is 7.25. The molecule has 1 nitrogen and oxygen atoms in total. The molecular formula is C60H51NS. The van der Waals surface area contributed by atoms with Crippen molar-refractivity contribution in [3.8, 4) is 33.4 Å². The van der Waals surface area contributed by atoms with Crippen LogP contribution in [0.2, 0.25) is 0 Å². The van der Waals surface area contributed by atoms with Crippen molar-refractivity contribution in [2.45, 2.75) is 41.0 Å². The second kappa shape index (κ2) is 17.9. The Hall–Kier alpha value is -7.00. The van der Waals surface area contributed by atoms with Crippen LogP contribution in [0.15, 0.2) is 206 Å². The van der Waals surface area contributed by atoms with Gasteiger partial charge in [-0.3, -0.25) is 0 Å². The van der Waals surface area contributed by atoms with E-state index in [1.807, 2.05) is 11.3 Å². The van der Waals surface area contributed by atoms with Crippen LogP contribution in [0.4, 0.5) is 17.1 Å². The molecule has 2 heteroatoms. The smallest absolute Gasteiger partial charge is 0.0476 e. The molecule has 62 heavy (non-hydrogen) atoms. The summed E-state index contributed by atoms with van der Waals surface area (Å²) in [7, 11) is 0. The van der Waals surface area contributed by atoms with Gasteiger partial charge in [-0.05, 0) is 149 Å². The van der Waals surface area contributed by atoms with Gasteiger partial charge in [-0.15, -0.1) is 11.3 Å². The lowest BCUT2D eigenvalue weighted by atomic mass is 9.92. The lowest BCUT2D eigenvalue weighted by molar-refractivity contribution is 1.16. The fourth-order valence-corrected chi connectivity index (χ4v) is 9.75. The summed E-state index contributed by atoms with van der Waals surface area (Å²) in [5.74, 6) is 0. The van der Waals surface area contributed by atoms with Gasteiger partial charge in [0, 0.05) is 37.2 Å². The third-order valence-electron chi connectivity index (χ3n) is 12.2. The van der Waals surface area contributed by atoms with Gasteiger partial charge in [-0.1, -0.05) is 171 Å². The first-order valence-electron chi connectivity index (χ1n) is 21.6. The van der Waals surface area contributed by atoms with Crippen LogP contribution in [0.1, 0.15) is 48.1 Å². The maximum absolute atomic E-state index is 2.39. The zero-order valence-corrected chi connectivity index (χ0v) is 37.0. The number of nitrogens with zero attached hydrogens (tertiary/aromatic N) is 1. The van der Waals surface area contributed by atoms with Crippen LogP contribution in [-0.2, 0) is 0 Å². The highest BCUT2D eigenvalue weighted by Gasteiger charge is 2.17. The highest BCUT2D eigenvalue weighted by Crippen LogP contribution is 2.42. The van der Waals surface area contributed by atoms with E-state index in [4.69, 9.17) is 0 Å². The Labute approximate surface area is 371 Å². The number of thiophene rings is 1. The standard InChI is InChI=1S/C60H51NS/c1-6-45(39-50-21-15-24-56(44(50)5)55-22-11-10-16-42(55)3)18-14-17-41(2)46-26-28-49(29-27-46)54-36-34-52(38-43(54)4)61(51-32-30-48(31-33-51)47-19-8-7-9-20-47)53-35-37-58-57-23-12-13-25-59(57)62-60(58)40-53/h7-40H,6H2,1-5H3/b18-14-,41-17+,45-39+. The van der Waals surface area contributed by atoms with Crippen molar-refractivity contribution in [2.75, 3.05) is 4.90 Å². The predicted molar refractivity (Wildman–Crippen MR) is 272 cm³/mol. The average Bonchev–Trinajstić information content (AvgIpc) is 3.68. The fraction of sp³-hybridized carbons (Fsp3) is 0.100. The zero-order chi connectivity index (χ0) is 42.6. The fourth-order valence-electron chi connectivity index (χ4n) is 8.61. The summed E-state index contributed by atoms with van der Waals surface area (Å²) < 4.78 is 2.61. The molecule has 302 valence electrons. The molecule has 0 saturated carbocycles. The van der Waals surface area contributed by atoms with Crippen LogP contribution in [0.5, 0.6) is 0 Å². The van der Waals surface area contributed by atoms with E-state index in [0.29, 0.717) is 0 Å². The highest BCUT2D eigenvalue weighted by atomic mass is 32.1. The molecule has 0 bridgehead atoms. The average molecular weight is 818 g/mol. The Morgan fingerprint density at radius 1 is 0.516 bits per heavy atom. The Bertz CT molecular complexity index is 3120. The van der Waals surface area contributed by atoms with Crippen LogP contribution in [0.25, 0.3) is 65.2 Å². The van der Waals surface area contributed by atoms with E-state index in [-0.39, 0.29) is 0 Å². The number of rotatable bonds is 11. The van der Waals surface area contributed by atoms with Crippen LogP contribution < -0.4 is 4.90 Å². The first-order chi connectivity index (χ1) is 30.3. The maximum atomic E-state index is 2.39. The zero-order valence-electron chi connectivity index (χ0n) is 36.2. The molecule has 1 aromatic heterocycles. The summed E-state index contributed by atoms with van der Waals surface area (Å²) >= 11 is 1.86. The molecule has 9 aromatic rings. The number of allylic oxidation sites excluding steroid dienone is 5. The van der Waals surface area contributed by atoms with Gasteiger partial charge in [-0.2, -0.15) is 0 Å². The maximum Gasteiger partial charge on any atom is 0.0476 e. The van der Waals surface area contributed by atoms with Crippen molar-refractivity contribution in [3.05, 3.63) is 234 Å². The SMILES string of the molecule is CCC(/C=C\C=C(/C)c1ccc(-c2ccc(N(c3ccc(-c4ccccc4)cc3)c3ccc4c(c3)sc3ccccc34)cc2C)cc1)=C\c1cccc(-c2ccccc2C)c1C. The summed E-state index contributed by atoms with van der Waals surface area (Å²) in [6, 6.07) is 66.4. The van der Waals surface area contributed by atoms with E-state index in [1.165, 1.54) is 92.5 Å². The molecule has 9 rings (SSSR count). The molecule has 0 spiro atoms. The van der Waals surface area contributed by atoms with E-state index >= 15 is 0 Å². The topological polar surface area (TPSA) is 3.24 Å². The van der Waals surface area contributed by atoms with E-state index in [2.05, 4.69) is 246 Å². The number of anilines is 3. The predicted octanol–water partition coefficient (Wildman–Crippen LogP) is 17.9. The normalized spacial score (nSPS) is 12.1. The van der Waals surface area contributed by atoms with Gasteiger partial charge in [-0.25, -0.2) is 0 Å². The largest absolute Gasteiger partial charge is 0.310 e. The molecule has 0 radical (unpaired) electrons. The number of hydrogen-bond donors (Lipinski definition) is 0. The molecule has 1 heterocycles. The minimum atomic E-state index is 0.962. The van der Waals surface area contributed by atoms with Gasteiger partial charge in [0.1, 0.15) is 0 Å². The number of fused-ring (bicyclic) bond motifs is 3. The minimum absolute atomic E-state index is 0.962. The van der Waals surface area contributed by atoms with E-state index < -0.39 is 0 Å². The quantitative estimate of drug-likeness (QED) is 0.118.